The van der Waals surface area contributed by atoms with Crippen molar-refractivity contribution in [3.63, 3.8) is 0 Å². The van der Waals surface area contributed by atoms with Gasteiger partial charge in [-0.3, -0.25) is 4.79 Å². The van der Waals surface area contributed by atoms with Gasteiger partial charge in [-0.15, -0.1) is 10.2 Å². The smallest absolute Gasteiger partial charge is 0.335 e. The Balaban J connectivity index is 1.74. The van der Waals surface area contributed by atoms with Crippen molar-refractivity contribution < 1.29 is 19.4 Å². The van der Waals surface area contributed by atoms with Crippen LogP contribution in [0.4, 0.5) is 5.69 Å². The van der Waals surface area contributed by atoms with Gasteiger partial charge in [0.1, 0.15) is 12.3 Å². The largest absolute Gasteiger partial charge is 0.489 e. The van der Waals surface area contributed by atoms with Gasteiger partial charge >= 0.3 is 5.97 Å². The summed E-state index contributed by atoms with van der Waals surface area (Å²) in [7, 11) is 0. The number of ether oxygens (including phenoxy) is 1. The number of tetrazole rings is 1. The fourth-order valence-electron chi connectivity index (χ4n) is 2.56. The van der Waals surface area contributed by atoms with Gasteiger partial charge in [-0.2, -0.15) is 4.80 Å². The fraction of sp³-hybridized carbons (Fsp3) is 0.250. The zero-order valence-corrected chi connectivity index (χ0v) is 16.3. The molecular weight excluding hydrogens is 374 g/mol. The third-order valence-electron chi connectivity index (χ3n) is 3.91. The molecule has 0 unspecified atom stereocenters. The van der Waals surface area contributed by atoms with Gasteiger partial charge < -0.3 is 15.2 Å². The van der Waals surface area contributed by atoms with Crippen molar-refractivity contribution >= 4 is 17.6 Å². The molecule has 29 heavy (non-hydrogen) atoms. The van der Waals surface area contributed by atoms with E-state index in [9.17, 15) is 14.7 Å². The van der Waals surface area contributed by atoms with Crippen LogP contribution in [0.3, 0.4) is 0 Å². The van der Waals surface area contributed by atoms with Gasteiger partial charge in [0.15, 0.2) is 0 Å². The Bertz CT molecular complexity index is 1030. The van der Waals surface area contributed by atoms with Crippen LogP contribution in [0.5, 0.6) is 5.75 Å². The van der Waals surface area contributed by atoms with Crippen LogP contribution in [-0.4, -0.2) is 43.3 Å². The molecule has 9 heteroatoms. The van der Waals surface area contributed by atoms with Gasteiger partial charge in [0.25, 0.3) is 0 Å². The van der Waals surface area contributed by atoms with E-state index in [1.54, 1.807) is 0 Å². The number of aryl methyl sites for hydroxylation is 1. The Labute approximate surface area is 167 Å². The number of carboxylic acids is 1. The minimum atomic E-state index is -1.10. The lowest BCUT2D eigenvalue weighted by atomic mass is 10.1. The molecule has 0 saturated carbocycles. The Morgan fingerprint density at radius 1 is 1.17 bits per heavy atom. The van der Waals surface area contributed by atoms with E-state index in [2.05, 4.69) is 20.7 Å². The zero-order valence-electron chi connectivity index (χ0n) is 16.3. The van der Waals surface area contributed by atoms with Crippen LogP contribution in [0.2, 0.25) is 0 Å². The predicted octanol–water partition coefficient (Wildman–Crippen LogP) is 2.77. The first-order valence-corrected chi connectivity index (χ1v) is 9.00. The van der Waals surface area contributed by atoms with Crippen LogP contribution in [0.15, 0.2) is 42.5 Å². The lowest BCUT2D eigenvalue weighted by molar-refractivity contribution is -0.117. The molecule has 0 bridgehead atoms. The number of nitrogens with zero attached hydrogens (tertiary/aromatic N) is 4. The molecule has 150 valence electrons. The van der Waals surface area contributed by atoms with Crippen molar-refractivity contribution in [1.82, 2.24) is 20.2 Å². The SMILES string of the molecule is Cc1ccc(-c2nnn(CC(=O)Nc3cc(C(=O)O)ccc3OC(C)C)n2)cc1. The Hall–Kier alpha value is -3.75. The fourth-order valence-corrected chi connectivity index (χ4v) is 2.56. The first-order chi connectivity index (χ1) is 13.8. The van der Waals surface area contributed by atoms with Crippen LogP contribution < -0.4 is 10.1 Å². The van der Waals surface area contributed by atoms with Crippen LogP contribution >= 0.6 is 0 Å². The lowest BCUT2D eigenvalue weighted by Crippen LogP contribution is -2.21. The molecule has 0 atom stereocenters. The molecule has 3 aromatic rings. The van der Waals surface area contributed by atoms with Crippen LogP contribution in [0.1, 0.15) is 29.8 Å². The summed E-state index contributed by atoms with van der Waals surface area (Å²) in [6.07, 6.45) is -0.143. The quantitative estimate of drug-likeness (QED) is 0.631. The molecule has 1 heterocycles. The zero-order chi connectivity index (χ0) is 21.0. The predicted molar refractivity (Wildman–Crippen MR) is 106 cm³/mol. The molecule has 0 spiro atoms. The Kier molecular flexibility index (Phi) is 5.87. The van der Waals surface area contributed by atoms with Crippen molar-refractivity contribution in [2.24, 2.45) is 0 Å². The van der Waals surface area contributed by atoms with Crippen molar-refractivity contribution in [3.8, 4) is 17.1 Å². The summed E-state index contributed by atoms with van der Waals surface area (Å²) < 4.78 is 5.64. The molecule has 0 fully saturated rings. The summed E-state index contributed by atoms with van der Waals surface area (Å²) in [5.41, 5.74) is 2.21. The van der Waals surface area contributed by atoms with Gasteiger partial charge in [0.2, 0.25) is 11.7 Å². The topological polar surface area (TPSA) is 119 Å². The number of benzene rings is 2. The summed E-state index contributed by atoms with van der Waals surface area (Å²) in [4.78, 5) is 24.9. The van der Waals surface area contributed by atoms with E-state index in [4.69, 9.17) is 4.74 Å². The van der Waals surface area contributed by atoms with Gasteiger partial charge in [-0.05, 0) is 44.2 Å². The molecule has 0 aliphatic heterocycles. The number of hydrogen-bond donors (Lipinski definition) is 2. The highest BCUT2D eigenvalue weighted by molar-refractivity contribution is 5.95. The van der Waals surface area contributed by atoms with Crippen molar-refractivity contribution in [3.05, 3.63) is 53.6 Å². The molecule has 0 saturated heterocycles. The van der Waals surface area contributed by atoms with Crippen molar-refractivity contribution in [1.29, 1.82) is 0 Å². The van der Waals surface area contributed by atoms with Crippen molar-refractivity contribution in [2.45, 2.75) is 33.4 Å². The molecule has 9 nitrogen and oxygen atoms in total. The number of aromatic carboxylic acids is 1. The summed E-state index contributed by atoms with van der Waals surface area (Å²) in [6.45, 7) is 5.47. The maximum absolute atomic E-state index is 12.4. The normalized spacial score (nSPS) is 10.8. The maximum Gasteiger partial charge on any atom is 0.335 e. The van der Waals surface area contributed by atoms with Crippen LogP contribution in [-0.2, 0) is 11.3 Å². The number of carbonyl (C=O) groups is 2. The second-order valence-electron chi connectivity index (χ2n) is 6.74. The average Bonchev–Trinajstić information content (AvgIpc) is 3.11. The number of carboxylic acid groups (broad SMARTS) is 1. The number of nitrogens with one attached hydrogen (secondary N) is 1. The Morgan fingerprint density at radius 2 is 1.90 bits per heavy atom. The third kappa shape index (κ3) is 5.16. The standard InChI is InChI=1S/C20H21N5O4/c1-12(2)29-17-9-8-15(20(27)28)10-16(17)21-18(26)11-25-23-19(22-24-25)14-6-4-13(3)5-7-14/h4-10,12H,11H2,1-3H3,(H,21,26)(H,27,28). The molecule has 2 N–H and O–H groups in total. The third-order valence-corrected chi connectivity index (χ3v) is 3.91. The highest BCUT2D eigenvalue weighted by Gasteiger charge is 2.15. The van der Waals surface area contributed by atoms with Gasteiger partial charge in [-0.25, -0.2) is 4.79 Å². The number of amides is 1. The number of carbonyl (C=O) groups excluding carboxylic acids is 1. The molecule has 0 aliphatic rings. The van der Waals surface area contributed by atoms with E-state index in [1.807, 2.05) is 45.0 Å². The number of rotatable bonds is 7. The molecule has 0 aliphatic carbocycles. The minimum absolute atomic E-state index is 0.0388. The Morgan fingerprint density at radius 3 is 2.55 bits per heavy atom. The second-order valence-corrected chi connectivity index (χ2v) is 6.74. The summed E-state index contributed by atoms with van der Waals surface area (Å²) in [6, 6.07) is 11.9. The van der Waals surface area contributed by atoms with Crippen molar-refractivity contribution in [2.75, 3.05) is 5.32 Å². The van der Waals surface area contributed by atoms with E-state index in [-0.39, 0.29) is 23.9 Å². The number of hydrogen-bond acceptors (Lipinski definition) is 6. The van der Waals surface area contributed by atoms with Gasteiger partial charge in [0, 0.05) is 5.56 Å². The summed E-state index contributed by atoms with van der Waals surface area (Å²) in [5.74, 6) is -0.744. The average molecular weight is 395 g/mol. The molecule has 1 aromatic heterocycles. The van der Waals surface area contributed by atoms with E-state index < -0.39 is 11.9 Å². The van der Waals surface area contributed by atoms with Crippen LogP contribution in [0.25, 0.3) is 11.4 Å². The molecule has 2 aromatic carbocycles. The summed E-state index contributed by atoms with van der Waals surface area (Å²) in [5, 5.41) is 23.9. The first-order valence-electron chi connectivity index (χ1n) is 9.00. The molecule has 0 radical (unpaired) electrons. The van der Waals surface area contributed by atoms with Crippen LogP contribution in [0, 0.1) is 6.92 Å². The van der Waals surface area contributed by atoms with E-state index >= 15 is 0 Å². The van der Waals surface area contributed by atoms with Gasteiger partial charge in [-0.1, -0.05) is 29.8 Å². The maximum atomic E-state index is 12.4. The number of anilines is 1. The molecule has 3 rings (SSSR count). The highest BCUT2D eigenvalue weighted by Crippen LogP contribution is 2.27. The van der Waals surface area contributed by atoms with Gasteiger partial charge in [0.05, 0.1) is 17.4 Å². The minimum Gasteiger partial charge on any atom is -0.489 e. The van der Waals surface area contributed by atoms with E-state index in [0.717, 1.165) is 11.1 Å². The second kappa shape index (κ2) is 8.51. The highest BCUT2D eigenvalue weighted by atomic mass is 16.5. The van der Waals surface area contributed by atoms with E-state index in [0.29, 0.717) is 11.6 Å². The first kappa shape index (κ1) is 20.0. The molecular formula is C20H21N5O4. The number of aromatic nitrogens is 4. The lowest BCUT2D eigenvalue weighted by Gasteiger charge is -2.15. The molecule has 1 amide bonds. The summed E-state index contributed by atoms with van der Waals surface area (Å²) >= 11 is 0. The monoisotopic (exact) mass is 395 g/mol. The van der Waals surface area contributed by atoms with E-state index in [1.165, 1.54) is 23.0 Å².